The van der Waals surface area contributed by atoms with E-state index in [9.17, 15) is 4.79 Å². The van der Waals surface area contributed by atoms with Crippen molar-refractivity contribution in [3.63, 3.8) is 0 Å². The number of anilines is 3. The first kappa shape index (κ1) is 20.5. The lowest BCUT2D eigenvalue weighted by atomic mass is 10.5. The van der Waals surface area contributed by atoms with Gasteiger partial charge in [-0.05, 0) is 0 Å². The van der Waals surface area contributed by atoms with Gasteiger partial charge in [0, 0.05) is 34.5 Å². The molecule has 0 aliphatic carbocycles. The molecule has 0 aliphatic heterocycles. The molecule has 1 rings (SSSR count). The van der Waals surface area contributed by atoms with Crippen LogP contribution >= 0.6 is 0 Å². The Morgan fingerprint density at radius 2 is 1.65 bits per heavy atom. The third-order valence-corrected chi connectivity index (χ3v) is 2.38. The summed E-state index contributed by atoms with van der Waals surface area (Å²) >= 11 is 0. The highest BCUT2D eigenvalue weighted by atomic mass is 16.9. The number of rotatable bonds is 7. The molecule has 1 heterocycles. The number of nitrogen functional groups attached to an aromatic ring is 2. The number of hydrogen-bond acceptors (Lipinski definition) is 11. The van der Waals surface area contributed by atoms with Gasteiger partial charge in [0.15, 0.2) is 6.61 Å². The van der Waals surface area contributed by atoms with E-state index < -0.39 is 11.9 Å². The van der Waals surface area contributed by atoms with Crippen LogP contribution in [-0.2, 0) is 23.7 Å². The maximum absolute atomic E-state index is 10.7. The molecule has 1 aromatic heterocycles. The molecule has 11 nitrogen and oxygen atoms in total. The maximum atomic E-state index is 10.7. The Labute approximate surface area is 134 Å². The van der Waals surface area contributed by atoms with Crippen molar-refractivity contribution in [2.24, 2.45) is 0 Å². The number of ether oxygens (including phenoxy) is 4. The molecule has 0 spiro atoms. The number of methoxy groups -OCH3 is 3. The van der Waals surface area contributed by atoms with E-state index in [2.05, 4.69) is 26.8 Å². The molecule has 0 fully saturated rings. The van der Waals surface area contributed by atoms with Crippen LogP contribution < -0.4 is 16.8 Å². The molecule has 0 aromatic carbocycles. The predicted octanol–water partition coefficient (Wildman–Crippen LogP) is -0.614. The number of hydrogen-bond donors (Lipinski definition) is 3. The lowest BCUT2D eigenvalue weighted by molar-refractivity contribution is -0.364. The van der Waals surface area contributed by atoms with Crippen molar-refractivity contribution < 1.29 is 23.7 Å². The zero-order valence-electron chi connectivity index (χ0n) is 13.5. The van der Waals surface area contributed by atoms with Gasteiger partial charge in [0.2, 0.25) is 17.8 Å². The Bertz CT molecular complexity index is 480. The fraction of sp³-hybridized carbons (Fsp3) is 0.500. The Balaban J connectivity index is 0.000000433. The molecule has 0 radical (unpaired) electrons. The van der Waals surface area contributed by atoms with Crippen LogP contribution in [0.4, 0.5) is 17.8 Å². The fourth-order valence-corrected chi connectivity index (χ4v) is 1.17. The molecule has 130 valence electrons. The van der Waals surface area contributed by atoms with E-state index in [4.69, 9.17) is 30.4 Å². The van der Waals surface area contributed by atoms with Crippen LogP contribution in [0.15, 0.2) is 12.7 Å². The second-order valence-electron chi connectivity index (χ2n) is 3.73. The summed E-state index contributed by atoms with van der Waals surface area (Å²) in [6.45, 7) is 3.09. The quantitative estimate of drug-likeness (QED) is 0.332. The van der Waals surface area contributed by atoms with Crippen molar-refractivity contribution in [2.75, 3.05) is 51.8 Å². The number of esters is 1. The van der Waals surface area contributed by atoms with Crippen LogP contribution in [-0.4, -0.2) is 61.9 Å². The normalized spacial score (nSPS) is 10.3. The van der Waals surface area contributed by atoms with Crippen LogP contribution in [0.5, 0.6) is 0 Å². The third kappa shape index (κ3) is 7.35. The van der Waals surface area contributed by atoms with E-state index >= 15 is 0 Å². The summed E-state index contributed by atoms with van der Waals surface area (Å²) in [4.78, 5) is 21.7. The summed E-state index contributed by atoms with van der Waals surface area (Å²) in [7, 11) is 5.83. The topological polar surface area (TPSA) is 157 Å². The summed E-state index contributed by atoms with van der Waals surface area (Å²) in [6.07, 6.45) is 1.05. The Hall–Kier alpha value is -2.50. The summed E-state index contributed by atoms with van der Waals surface area (Å²) in [6, 6.07) is 0. The van der Waals surface area contributed by atoms with Crippen molar-refractivity contribution in [3.05, 3.63) is 12.7 Å². The highest BCUT2D eigenvalue weighted by Crippen LogP contribution is 2.12. The molecular formula is C12H22N6O5. The Morgan fingerprint density at radius 1 is 1.17 bits per heavy atom. The molecule has 0 amide bonds. The molecule has 0 aliphatic rings. The van der Waals surface area contributed by atoms with Gasteiger partial charge in [-0.15, -0.1) is 0 Å². The molecule has 0 saturated heterocycles. The first-order valence-electron chi connectivity index (χ1n) is 6.25. The number of aromatic nitrogens is 3. The van der Waals surface area contributed by atoms with Crippen LogP contribution in [0.2, 0.25) is 0 Å². The zero-order chi connectivity index (χ0) is 17.9. The molecule has 0 saturated carbocycles. The van der Waals surface area contributed by atoms with Crippen LogP contribution in [0.1, 0.15) is 0 Å². The third-order valence-electron chi connectivity index (χ3n) is 2.38. The van der Waals surface area contributed by atoms with Crippen LogP contribution in [0.3, 0.4) is 0 Å². The van der Waals surface area contributed by atoms with Crippen molar-refractivity contribution in [2.45, 2.75) is 5.97 Å². The van der Waals surface area contributed by atoms with Crippen molar-refractivity contribution in [1.29, 1.82) is 0 Å². The molecule has 0 atom stereocenters. The van der Waals surface area contributed by atoms with Gasteiger partial charge < -0.3 is 35.7 Å². The van der Waals surface area contributed by atoms with Crippen molar-refractivity contribution in [3.8, 4) is 0 Å². The Morgan fingerprint density at radius 3 is 2.00 bits per heavy atom. The smallest absolute Gasteiger partial charge is 0.330 e. The molecule has 0 bridgehead atoms. The highest BCUT2D eigenvalue weighted by Gasteiger charge is 2.31. The van der Waals surface area contributed by atoms with Gasteiger partial charge >= 0.3 is 11.9 Å². The zero-order valence-corrected chi connectivity index (χ0v) is 13.5. The van der Waals surface area contributed by atoms with E-state index in [0.29, 0.717) is 5.95 Å². The summed E-state index contributed by atoms with van der Waals surface area (Å²) in [5.74, 6) is -1.27. The summed E-state index contributed by atoms with van der Waals surface area (Å²) < 4.78 is 19.3. The minimum atomic E-state index is -1.33. The fourth-order valence-electron chi connectivity index (χ4n) is 1.17. The largest absolute Gasteiger partial charge is 0.454 e. The minimum absolute atomic E-state index is 0.122. The summed E-state index contributed by atoms with van der Waals surface area (Å²) in [5.41, 5.74) is 10.5. The van der Waals surface area contributed by atoms with Gasteiger partial charge in [0.05, 0.1) is 0 Å². The highest BCUT2D eigenvalue weighted by molar-refractivity contribution is 5.81. The number of carbonyl (C=O) groups is 1. The van der Waals surface area contributed by atoms with Gasteiger partial charge in [0.25, 0.3) is 0 Å². The number of carbonyl (C=O) groups excluding carboxylic acids is 1. The van der Waals surface area contributed by atoms with Gasteiger partial charge in [-0.3, -0.25) is 0 Å². The lowest BCUT2D eigenvalue weighted by Gasteiger charge is -2.27. The maximum Gasteiger partial charge on any atom is 0.330 e. The molecule has 23 heavy (non-hydrogen) atoms. The second-order valence-corrected chi connectivity index (χ2v) is 3.73. The van der Waals surface area contributed by atoms with Gasteiger partial charge in [0.1, 0.15) is 0 Å². The average Bonchev–Trinajstić information content (AvgIpc) is 2.56. The Kier molecular flexibility index (Phi) is 9.15. The van der Waals surface area contributed by atoms with E-state index in [-0.39, 0.29) is 18.5 Å². The molecule has 5 N–H and O–H groups in total. The molecule has 1 aromatic rings. The van der Waals surface area contributed by atoms with Crippen LogP contribution in [0, 0.1) is 0 Å². The van der Waals surface area contributed by atoms with E-state index in [1.807, 2.05) is 0 Å². The second kappa shape index (κ2) is 10.3. The molecular weight excluding hydrogens is 308 g/mol. The summed E-state index contributed by atoms with van der Waals surface area (Å²) in [5, 5.41) is 2.69. The average molecular weight is 330 g/mol. The van der Waals surface area contributed by atoms with Crippen LogP contribution in [0.25, 0.3) is 0 Å². The number of nitrogens with one attached hydrogen (secondary N) is 1. The van der Waals surface area contributed by atoms with Gasteiger partial charge in [-0.1, -0.05) is 6.58 Å². The monoisotopic (exact) mass is 330 g/mol. The first-order valence-corrected chi connectivity index (χ1v) is 6.25. The molecule has 11 heteroatoms. The first-order chi connectivity index (χ1) is 10.9. The van der Waals surface area contributed by atoms with Crippen molar-refractivity contribution >= 4 is 23.8 Å². The van der Waals surface area contributed by atoms with E-state index in [1.165, 1.54) is 21.3 Å². The van der Waals surface area contributed by atoms with E-state index in [0.717, 1.165) is 6.08 Å². The number of nitrogens with zero attached hydrogens (tertiary/aromatic N) is 3. The standard InChI is InChI=1S/C8H14O5.C4H8N6/c1-5-7(9)13-6-8(10-2,11-3)12-4;1-7-4-9-2(5)8-3(6)10-4/h5H,1,6H2,2-4H3;1H3,(H5,5,6,7,8,9,10). The number of nitrogens with two attached hydrogens (primary N) is 2. The predicted molar refractivity (Wildman–Crippen MR) is 83.1 cm³/mol. The van der Waals surface area contributed by atoms with Crippen molar-refractivity contribution in [1.82, 2.24) is 15.0 Å². The van der Waals surface area contributed by atoms with E-state index in [1.54, 1.807) is 7.05 Å². The minimum Gasteiger partial charge on any atom is -0.454 e. The molecule has 0 unspecified atom stereocenters. The van der Waals surface area contributed by atoms with Gasteiger partial charge in [-0.25, -0.2) is 4.79 Å². The SMILES string of the molecule is C=CC(=O)OCC(OC)(OC)OC.CNc1nc(N)nc(N)n1. The lowest BCUT2D eigenvalue weighted by Crippen LogP contribution is -2.41. The van der Waals surface area contributed by atoms with Gasteiger partial charge in [-0.2, -0.15) is 15.0 Å².